The van der Waals surface area contributed by atoms with Crippen molar-refractivity contribution in [2.75, 3.05) is 0 Å². The molecule has 0 amide bonds. The zero-order chi connectivity index (χ0) is 19.2. The van der Waals surface area contributed by atoms with Crippen LogP contribution in [0.1, 0.15) is 152 Å². The Morgan fingerprint density at radius 3 is 1.00 bits per heavy atom. The minimum Gasteiger partial charge on any atom is -0.0654 e. The van der Waals surface area contributed by atoms with E-state index in [9.17, 15) is 0 Å². The summed E-state index contributed by atoms with van der Waals surface area (Å²) in [6.07, 6.45) is 24.3. The van der Waals surface area contributed by atoms with Gasteiger partial charge in [-0.05, 0) is 11.8 Å². The van der Waals surface area contributed by atoms with Crippen LogP contribution >= 0.6 is 0 Å². The van der Waals surface area contributed by atoms with Crippen molar-refractivity contribution in [2.45, 2.75) is 151 Å². The Morgan fingerprint density at radius 1 is 0.360 bits per heavy atom. The molecular weight excluding hydrogens is 300 g/mol. The van der Waals surface area contributed by atoms with Crippen molar-refractivity contribution in [3.05, 3.63) is 0 Å². The molecule has 1 atom stereocenters. The summed E-state index contributed by atoms with van der Waals surface area (Å²) in [6.45, 7) is 13.8. The lowest BCUT2D eigenvalue weighted by Crippen LogP contribution is -2.00. The van der Waals surface area contributed by atoms with Crippen LogP contribution in [0.4, 0.5) is 0 Å². The van der Waals surface area contributed by atoms with Crippen LogP contribution in [0.5, 0.6) is 0 Å². The maximum atomic E-state index is 2.32. The Kier molecular flexibility index (Phi) is 26.1. The Bertz CT molecular complexity index is 208. The minimum atomic E-state index is 0. The second-order valence-electron chi connectivity index (χ2n) is 8.23. The van der Waals surface area contributed by atoms with Gasteiger partial charge >= 0.3 is 0 Å². The van der Waals surface area contributed by atoms with Crippen molar-refractivity contribution in [1.82, 2.24) is 0 Å². The van der Waals surface area contributed by atoms with Crippen molar-refractivity contribution < 1.29 is 1.43 Å². The van der Waals surface area contributed by atoms with E-state index in [1.807, 2.05) is 0 Å². The van der Waals surface area contributed by atoms with E-state index in [0.29, 0.717) is 0 Å². The minimum absolute atomic E-state index is 0. The average molecular weight is 357 g/mol. The average Bonchev–Trinajstić information content (AvgIpc) is 2.61. The van der Waals surface area contributed by atoms with Crippen LogP contribution in [-0.2, 0) is 0 Å². The van der Waals surface area contributed by atoms with E-state index in [1.165, 1.54) is 109 Å². The highest BCUT2D eigenvalue weighted by Crippen LogP contribution is 2.21. The highest BCUT2D eigenvalue weighted by Gasteiger charge is 2.06. The molecule has 0 aliphatic carbocycles. The first kappa shape index (κ1) is 27.2. The molecule has 25 heavy (non-hydrogen) atoms. The topological polar surface area (TPSA) is 0 Å². The van der Waals surface area contributed by atoms with Gasteiger partial charge in [0, 0.05) is 1.43 Å². The summed E-state index contributed by atoms with van der Waals surface area (Å²) in [5, 5.41) is 0. The van der Waals surface area contributed by atoms with E-state index < -0.39 is 0 Å². The molecule has 0 saturated carbocycles. The standard InChI is InChI=1S/C13H28.C12H26.H2/c1-4-7-9-12-13(10-6-3)11-8-5-2;1-4-7-8-11-12(9-5-2)10-6-3;/h13H,4-12H2,1-3H3;12H,4-11H2,1-3H3;1H. The van der Waals surface area contributed by atoms with E-state index >= 15 is 0 Å². The van der Waals surface area contributed by atoms with Crippen LogP contribution < -0.4 is 0 Å². The van der Waals surface area contributed by atoms with Crippen LogP contribution in [0.15, 0.2) is 0 Å². The second-order valence-corrected chi connectivity index (χ2v) is 8.23. The monoisotopic (exact) mass is 356 g/mol. The van der Waals surface area contributed by atoms with Gasteiger partial charge in [-0.3, -0.25) is 0 Å². The molecule has 0 saturated heterocycles. The van der Waals surface area contributed by atoms with Gasteiger partial charge in [0.2, 0.25) is 0 Å². The van der Waals surface area contributed by atoms with Gasteiger partial charge in [-0.1, -0.05) is 151 Å². The maximum Gasteiger partial charge on any atom is 0 e. The normalized spacial score (nSPS) is 12.1. The molecule has 0 fully saturated rings. The highest BCUT2D eigenvalue weighted by atomic mass is 14.1. The quantitative estimate of drug-likeness (QED) is 0.227. The van der Waals surface area contributed by atoms with Crippen LogP contribution in [0.2, 0.25) is 0 Å². The molecule has 0 radical (unpaired) electrons. The molecule has 0 nitrogen and oxygen atoms in total. The molecule has 156 valence electrons. The largest absolute Gasteiger partial charge is 0.0654 e. The van der Waals surface area contributed by atoms with Gasteiger partial charge in [0.15, 0.2) is 0 Å². The Morgan fingerprint density at radius 2 is 0.680 bits per heavy atom. The summed E-state index contributed by atoms with van der Waals surface area (Å²) in [5.41, 5.74) is 0. The van der Waals surface area contributed by atoms with Gasteiger partial charge < -0.3 is 0 Å². The van der Waals surface area contributed by atoms with Gasteiger partial charge in [0.05, 0.1) is 0 Å². The predicted molar refractivity (Wildman–Crippen MR) is 122 cm³/mol. The summed E-state index contributed by atoms with van der Waals surface area (Å²) >= 11 is 0. The smallest absolute Gasteiger partial charge is 0 e. The van der Waals surface area contributed by atoms with Crippen LogP contribution in [0, 0.1) is 11.8 Å². The fourth-order valence-electron chi connectivity index (χ4n) is 3.95. The van der Waals surface area contributed by atoms with Crippen molar-refractivity contribution in [3.8, 4) is 0 Å². The lowest BCUT2D eigenvalue weighted by molar-refractivity contribution is 0.386. The van der Waals surface area contributed by atoms with Crippen LogP contribution in [-0.4, -0.2) is 0 Å². The number of hydrogen-bond acceptors (Lipinski definition) is 0. The maximum absolute atomic E-state index is 2.32. The van der Waals surface area contributed by atoms with Gasteiger partial charge in [0.25, 0.3) is 0 Å². The molecule has 1 unspecified atom stereocenters. The molecule has 0 heterocycles. The van der Waals surface area contributed by atoms with Crippen LogP contribution in [0.25, 0.3) is 0 Å². The first-order valence-corrected chi connectivity index (χ1v) is 12.2. The molecule has 0 rings (SSSR count). The lowest BCUT2D eigenvalue weighted by Gasteiger charge is -2.15. The molecule has 0 aliphatic rings. The molecule has 0 aliphatic heterocycles. The molecule has 0 aromatic heterocycles. The molecule has 0 aromatic carbocycles. The van der Waals surface area contributed by atoms with Crippen molar-refractivity contribution in [3.63, 3.8) is 0 Å². The number of hydrogen-bond donors (Lipinski definition) is 0. The third-order valence-electron chi connectivity index (χ3n) is 5.49. The Hall–Kier alpha value is 0. The van der Waals surface area contributed by atoms with E-state index in [4.69, 9.17) is 0 Å². The molecular formula is C25H56. The second kappa shape index (κ2) is 24.0. The fraction of sp³-hybridized carbons (Fsp3) is 1.00. The van der Waals surface area contributed by atoms with Gasteiger partial charge in [-0.2, -0.15) is 0 Å². The van der Waals surface area contributed by atoms with Gasteiger partial charge in [0.1, 0.15) is 0 Å². The highest BCUT2D eigenvalue weighted by molar-refractivity contribution is 4.59. The summed E-state index contributed by atoms with van der Waals surface area (Å²) in [4.78, 5) is 0. The number of rotatable bonds is 17. The Labute approximate surface area is 164 Å². The zero-order valence-corrected chi connectivity index (χ0v) is 19.2. The lowest BCUT2D eigenvalue weighted by atomic mass is 9.92. The Balaban J connectivity index is -0.000000393. The first-order chi connectivity index (χ1) is 12.2. The van der Waals surface area contributed by atoms with E-state index in [2.05, 4.69) is 41.5 Å². The third kappa shape index (κ3) is 22.0. The summed E-state index contributed by atoms with van der Waals surface area (Å²) in [7, 11) is 0. The summed E-state index contributed by atoms with van der Waals surface area (Å²) in [5.74, 6) is 2.07. The first-order valence-electron chi connectivity index (χ1n) is 12.2. The molecule has 0 spiro atoms. The van der Waals surface area contributed by atoms with Crippen molar-refractivity contribution in [1.29, 1.82) is 0 Å². The fourth-order valence-corrected chi connectivity index (χ4v) is 3.95. The summed E-state index contributed by atoms with van der Waals surface area (Å²) in [6, 6.07) is 0. The number of unbranched alkanes of at least 4 members (excludes halogenated alkanes) is 5. The SMILES string of the molecule is CCCCCC(CCC)CCC.CCCCCC(CCC)CCCC.[HH]. The third-order valence-corrected chi connectivity index (χ3v) is 5.49. The van der Waals surface area contributed by atoms with Crippen LogP contribution in [0.3, 0.4) is 0 Å². The zero-order valence-electron chi connectivity index (χ0n) is 19.2. The van der Waals surface area contributed by atoms with Gasteiger partial charge in [-0.15, -0.1) is 0 Å². The van der Waals surface area contributed by atoms with E-state index in [1.54, 1.807) is 0 Å². The molecule has 0 aromatic rings. The molecule has 0 heteroatoms. The molecule has 0 N–H and O–H groups in total. The van der Waals surface area contributed by atoms with Gasteiger partial charge in [-0.25, -0.2) is 0 Å². The summed E-state index contributed by atoms with van der Waals surface area (Å²) < 4.78 is 0. The van der Waals surface area contributed by atoms with E-state index in [0.717, 1.165) is 11.8 Å². The van der Waals surface area contributed by atoms with Crippen molar-refractivity contribution >= 4 is 0 Å². The molecule has 0 bridgehead atoms. The van der Waals surface area contributed by atoms with E-state index in [-0.39, 0.29) is 1.43 Å². The predicted octanol–water partition coefficient (Wildman–Crippen LogP) is 10.2. The van der Waals surface area contributed by atoms with Crippen molar-refractivity contribution in [2.24, 2.45) is 11.8 Å².